The molecule has 24 heavy (non-hydrogen) atoms. The minimum Gasteiger partial charge on any atom is -0.484 e. The van der Waals surface area contributed by atoms with Crippen LogP contribution >= 0.6 is 0 Å². The molecule has 124 valence electrons. The van der Waals surface area contributed by atoms with Crippen molar-refractivity contribution in [3.63, 3.8) is 0 Å². The molecule has 0 aliphatic heterocycles. The number of carbonyl (C=O) groups is 1. The Kier molecular flexibility index (Phi) is 4.41. The average molecular weight is 328 g/mol. The fourth-order valence-corrected chi connectivity index (χ4v) is 2.86. The lowest BCUT2D eigenvalue weighted by Crippen LogP contribution is -2.16. The molecule has 1 aliphatic carbocycles. The highest BCUT2D eigenvalue weighted by Crippen LogP contribution is 2.35. The maximum absolute atomic E-state index is 11.6. The predicted molar refractivity (Wildman–Crippen MR) is 85.0 cm³/mol. The zero-order valence-corrected chi connectivity index (χ0v) is 13.1. The van der Waals surface area contributed by atoms with Crippen LogP contribution in [0.4, 0.5) is 5.69 Å². The van der Waals surface area contributed by atoms with Gasteiger partial charge in [0.25, 0.3) is 5.69 Å². The molecule has 0 amide bonds. The zero-order chi connectivity index (χ0) is 17.1. The van der Waals surface area contributed by atoms with Gasteiger partial charge in [-0.3, -0.25) is 15.1 Å². The summed E-state index contributed by atoms with van der Waals surface area (Å²) in [4.78, 5) is 26.2. The van der Waals surface area contributed by atoms with Crippen molar-refractivity contribution in [2.45, 2.75) is 25.4 Å². The van der Waals surface area contributed by atoms with Crippen LogP contribution in [0.1, 0.15) is 40.4 Å². The van der Waals surface area contributed by atoms with Gasteiger partial charge in [-0.1, -0.05) is 6.07 Å². The number of ether oxygens (including phenoxy) is 2. The second kappa shape index (κ2) is 6.66. The number of nitro groups is 1. The van der Waals surface area contributed by atoms with E-state index >= 15 is 0 Å². The van der Waals surface area contributed by atoms with Crippen LogP contribution in [0.5, 0.6) is 5.75 Å². The van der Waals surface area contributed by atoms with E-state index in [1.54, 1.807) is 18.2 Å². The molecular formula is C17H16N2O5. The fourth-order valence-electron chi connectivity index (χ4n) is 2.86. The quantitative estimate of drug-likeness (QED) is 0.486. The number of aryl methyl sites for hydroxylation is 1. The molecule has 0 spiro atoms. The summed E-state index contributed by atoms with van der Waals surface area (Å²) in [7, 11) is 1.30. The number of aromatic nitrogens is 1. The van der Waals surface area contributed by atoms with E-state index in [1.807, 2.05) is 0 Å². The van der Waals surface area contributed by atoms with E-state index in [-0.39, 0.29) is 11.8 Å². The molecule has 0 fully saturated rings. The van der Waals surface area contributed by atoms with Gasteiger partial charge in [0.1, 0.15) is 11.9 Å². The van der Waals surface area contributed by atoms with Gasteiger partial charge < -0.3 is 9.47 Å². The molecule has 0 bridgehead atoms. The molecule has 1 aromatic carbocycles. The molecule has 1 unspecified atom stereocenters. The molecule has 1 aromatic heterocycles. The van der Waals surface area contributed by atoms with Crippen LogP contribution in [0.15, 0.2) is 36.7 Å². The summed E-state index contributed by atoms with van der Waals surface area (Å²) in [6.07, 6.45) is 5.16. The van der Waals surface area contributed by atoms with Gasteiger partial charge in [0, 0.05) is 23.9 Å². The lowest BCUT2D eigenvalue weighted by atomic mass is 9.89. The number of nitrogens with zero attached hydrogens (tertiary/aromatic N) is 2. The molecular weight excluding hydrogens is 312 g/mol. The summed E-state index contributed by atoms with van der Waals surface area (Å²) in [5.41, 5.74) is 2.21. The third-order valence-corrected chi connectivity index (χ3v) is 4.01. The summed E-state index contributed by atoms with van der Waals surface area (Å²) in [6.45, 7) is 0. The average Bonchev–Trinajstić information content (AvgIpc) is 2.61. The van der Waals surface area contributed by atoms with Gasteiger partial charge in [-0.2, -0.15) is 0 Å². The molecule has 0 N–H and O–H groups in total. The van der Waals surface area contributed by atoms with Crippen LogP contribution in [0.2, 0.25) is 0 Å². The Morgan fingerprint density at radius 3 is 2.92 bits per heavy atom. The first kappa shape index (κ1) is 15.9. The largest absolute Gasteiger partial charge is 0.484 e. The van der Waals surface area contributed by atoms with E-state index in [0.29, 0.717) is 11.3 Å². The second-order valence-corrected chi connectivity index (χ2v) is 5.54. The van der Waals surface area contributed by atoms with Gasteiger partial charge >= 0.3 is 5.97 Å². The van der Waals surface area contributed by atoms with Gasteiger partial charge in [0.15, 0.2) is 0 Å². The Morgan fingerprint density at radius 1 is 1.33 bits per heavy atom. The van der Waals surface area contributed by atoms with Crippen LogP contribution < -0.4 is 4.74 Å². The maximum atomic E-state index is 11.6. The summed E-state index contributed by atoms with van der Waals surface area (Å²) >= 11 is 0. The molecule has 0 radical (unpaired) electrons. The van der Waals surface area contributed by atoms with Crippen molar-refractivity contribution in [1.29, 1.82) is 0 Å². The van der Waals surface area contributed by atoms with Crippen LogP contribution in [-0.2, 0) is 11.2 Å². The maximum Gasteiger partial charge on any atom is 0.339 e. The molecule has 0 saturated carbocycles. The van der Waals surface area contributed by atoms with Crippen molar-refractivity contribution in [3.05, 3.63) is 63.5 Å². The predicted octanol–water partition coefficient (Wildman–Crippen LogP) is 3.23. The topological polar surface area (TPSA) is 91.6 Å². The molecule has 0 saturated heterocycles. The minimum absolute atomic E-state index is 0.0469. The summed E-state index contributed by atoms with van der Waals surface area (Å²) in [5.74, 6) is -0.0603. The summed E-state index contributed by atoms with van der Waals surface area (Å²) in [6, 6.07) is 6.42. The molecule has 1 atom stereocenters. The number of esters is 1. The fraction of sp³-hybridized carbons (Fsp3) is 0.294. The summed E-state index contributed by atoms with van der Waals surface area (Å²) < 4.78 is 10.6. The van der Waals surface area contributed by atoms with Crippen LogP contribution in [-0.4, -0.2) is 23.0 Å². The number of hydrogen-bond acceptors (Lipinski definition) is 6. The van der Waals surface area contributed by atoms with E-state index in [0.717, 1.165) is 30.4 Å². The highest BCUT2D eigenvalue weighted by Gasteiger charge is 2.24. The van der Waals surface area contributed by atoms with Crippen molar-refractivity contribution < 1.29 is 19.2 Å². The Labute approximate surface area is 138 Å². The number of non-ortho nitro benzene ring substituents is 1. The van der Waals surface area contributed by atoms with Crippen LogP contribution in [0.3, 0.4) is 0 Å². The van der Waals surface area contributed by atoms with Crippen molar-refractivity contribution in [3.8, 4) is 5.75 Å². The van der Waals surface area contributed by atoms with Crippen molar-refractivity contribution in [1.82, 2.24) is 4.98 Å². The molecule has 3 rings (SSSR count). The Balaban J connectivity index is 1.88. The molecule has 2 aromatic rings. The van der Waals surface area contributed by atoms with Crippen molar-refractivity contribution in [2.24, 2.45) is 0 Å². The third kappa shape index (κ3) is 3.19. The first-order valence-corrected chi connectivity index (χ1v) is 7.55. The van der Waals surface area contributed by atoms with E-state index < -0.39 is 10.9 Å². The molecule has 1 aliphatic rings. The summed E-state index contributed by atoms with van der Waals surface area (Å²) in [5, 5.41) is 11.0. The lowest BCUT2D eigenvalue weighted by Gasteiger charge is -2.26. The smallest absolute Gasteiger partial charge is 0.339 e. The minimum atomic E-state index is -0.493. The highest BCUT2D eigenvalue weighted by molar-refractivity contribution is 5.89. The van der Waals surface area contributed by atoms with E-state index in [1.165, 1.54) is 25.6 Å². The lowest BCUT2D eigenvalue weighted by molar-refractivity contribution is -0.385. The number of methoxy groups -OCH3 is 1. The molecule has 7 nitrogen and oxygen atoms in total. The van der Waals surface area contributed by atoms with Gasteiger partial charge in [-0.25, -0.2) is 4.79 Å². The number of hydrogen-bond donors (Lipinski definition) is 0. The highest BCUT2D eigenvalue weighted by atomic mass is 16.6. The Bertz CT molecular complexity index is 790. The first-order valence-electron chi connectivity index (χ1n) is 7.55. The number of pyridine rings is 1. The molecule has 7 heteroatoms. The number of rotatable bonds is 4. The van der Waals surface area contributed by atoms with Crippen LogP contribution in [0.25, 0.3) is 0 Å². The standard InChI is InChI=1S/C17H16N2O5/c1-23-17(20)12-7-14(10-18-9-12)24-16-4-2-3-11-5-6-13(19(21)22)8-15(11)16/h5-10,16H,2-4H2,1H3. The SMILES string of the molecule is COC(=O)c1cncc(OC2CCCc3ccc([N+](=O)[O-])cc32)c1. The van der Waals surface area contributed by atoms with Gasteiger partial charge in [-0.05, 0) is 30.9 Å². The van der Waals surface area contributed by atoms with Crippen molar-refractivity contribution >= 4 is 11.7 Å². The van der Waals surface area contributed by atoms with Crippen LogP contribution in [0, 0.1) is 10.1 Å². The Morgan fingerprint density at radius 2 is 2.17 bits per heavy atom. The number of nitro benzene ring substituents is 1. The normalized spacial score (nSPS) is 16.1. The van der Waals surface area contributed by atoms with Gasteiger partial charge in [0.2, 0.25) is 0 Å². The number of benzene rings is 1. The zero-order valence-electron chi connectivity index (χ0n) is 13.1. The molecule has 1 heterocycles. The van der Waals surface area contributed by atoms with Gasteiger partial charge in [-0.15, -0.1) is 0 Å². The second-order valence-electron chi connectivity index (χ2n) is 5.54. The van der Waals surface area contributed by atoms with E-state index in [2.05, 4.69) is 9.72 Å². The van der Waals surface area contributed by atoms with E-state index in [9.17, 15) is 14.9 Å². The number of carbonyl (C=O) groups excluding carboxylic acids is 1. The van der Waals surface area contributed by atoms with Gasteiger partial charge in [0.05, 0.1) is 23.8 Å². The number of fused-ring (bicyclic) bond motifs is 1. The third-order valence-electron chi connectivity index (χ3n) is 4.01. The monoisotopic (exact) mass is 328 g/mol. The Hall–Kier alpha value is -2.96. The van der Waals surface area contributed by atoms with E-state index in [4.69, 9.17) is 4.74 Å². The first-order chi connectivity index (χ1) is 11.6. The van der Waals surface area contributed by atoms with Crippen molar-refractivity contribution in [2.75, 3.05) is 7.11 Å².